The number of benzene rings is 1. The molecule has 0 unspecified atom stereocenters. The predicted molar refractivity (Wildman–Crippen MR) is 75.5 cm³/mol. The van der Waals surface area contributed by atoms with Crippen LogP contribution in [0.3, 0.4) is 0 Å². The van der Waals surface area contributed by atoms with Crippen LogP contribution in [-0.4, -0.2) is 11.7 Å². The van der Waals surface area contributed by atoms with Gasteiger partial charge in [-0.05, 0) is 52.7 Å². The number of hydrogen-bond acceptors (Lipinski definition) is 3. The molecule has 96 valence electrons. The second-order valence-corrected chi connectivity index (χ2v) is 4.89. The molecule has 0 aliphatic carbocycles. The lowest BCUT2D eigenvalue weighted by Crippen LogP contribution is -2.22. The first-order valence-corrected chi connectivity index (χ1v) is 6.70. The second kappa shape index (κ2) is 6.07. The number of furan rings is 1. The van der Waals surface area contributed by atoms with Crippen LogP contribution in [0.4, 0.5) is 5.69 Å². The molecule has 0 fully saturated rings. The Morgan fingerprint density at radius 2 is 2.17 bits per heavy atom. The SMILES string of the molecule is CCN(Cc1ccco1)c1ccc(CO)cc1Br. The van der Waals surface area contributed by atoms with Crippen LogP contribution in [0.5, 0.6) is 0 Å². The molecule has 0 amide bonds. The van der Waals surface area contributed by atoms with Gasteiger partial charge in [0.05, 0.1) is 25.1 Å². The van der Waals surface area contributed by atoms with Crippen molar-refractivity contribution in [1.29, 1.82) is 0 Å². The molecule has 1 N–H and O–H groups in total. The lowest BCUT2D eigenvalue weighted by Gasteiger charge is -2.23. The Kier molecular flexibility index (Phi) is 4.44. The first-order chi connectivity index (χ1) is 8.74. The Balaban J connectivity index is 2.22. The van der Waals surface area contributed by atoms with Crippen LogP contribution in [-0.2, 0) is 13.2 Å². The first-order valence-electron chi connectivity index (χ1n) is 5.91. The molecule has 1 aromatic heterocycles. The van der Waals surface area contributed by atoms with Gasteiger partial charge in [-0.25, -0.2) is 0 Å². The molecule has 0 bridgehead atoms. The third kappa shape index (κ3) is 2.94. The molecule has 1 heterocycles. The van der Waals surface area contributed by atoms with Gasteiger partial charge in [0, 0.05) is 11.0 Å². The zero-order valence-electron chi connectivity index (χ0n) is 10.3. The molecule has 3 nitrogen and oxygen atoms in total. The van der Waals surface area contributed by atoms with Crippen LogP contribution in [0.15, 0.2) is 45.5 Å². The third-order valence-corrected chi connectivity index (χ3v) is 3.48. The Morgan fingerprint density at radius 3 is 2.72 bits per heavy atom. The van der Waals surface area contributed by atoms with Crippen molar-refractivity contribution in [3.63, 3.8) is 0 Å². The van der Waals surface area contributed by atoms with Gasteiger partial charge >= 0.3 is 0 Å². The van der Waals surface area contributed by atoms with Gasteiger partial charge in [0.15, 0.2) is 0 Å². The number of anilines is 1. The normalized spacial score (nSPS) is 10.6. The lowest BCUT2D eigenvalue weighted by molar-refractivity contribution is 0.282. The van der Waals surface area contributed by atoms with Crippen molar-refractivity contribution in [2.75, 3.05) is 11.4 Å². The molecular weight excluding hydrogens is 294 g/mol. The standard InChI is InChI=1S/C14H16BrNO2/c1-2-16(9-12-4-3-7-18-12)14-6-5-11(10-17)8-13(14)15/h3-8,17H,2,9-10H2,1H3. The Morgan fingerprint density at radius 1 is 1.33 bits per heavy atom. The van der Waals surface area contributed by atoms with Gasteiger partial charge in [0.25, 0.3) is 0 Å². The molecule has 0 radical (unpaired) electrons. The molecule has 0 aliphatic heterocycles. The maximum absolute atomic E-state index is 9.11. The molecule has 1 aromatic carbocycles. The summed E-state index contributed by atoms with van der Waals surface area (Å²) in [5, 5.41) is 9.11. The highest BCUT2D eigenvalue weighted by molar-refractivity contribution is 9.10. The molecule has 0 aliphatic rings. The highest BCUT2D eigenvalue weighted by Gasteiger charge is 2.10. The summed E-state index contributed by atoms with van der Waals surface area (Å²) >= 11 is 3.55. The molecule has 0 spiro atoms. The first kappa shape index (κ1) is 13.2. The number of nitrogens with zero attached hydrogens (tertiary/aromatic N) is 1. The van der Waals surface area contributed by atoms with Gasteiger partial charge in [-0.3, -0.25) is 0 Å². The number of aliphatic hydroxyl groups excluding tert-OH is 1. The fourth-order valence-electron chi connectivity index (χ4n) is 1.86. The van der Waals surface area contributed by atoms with E-state index in [1.807, 2.05) is 30.3 Å². The summed E-state index contributed by atoms with van der Waals surface area (Å²) in [7, 11) is 0. The van der Waals surface area contributed by atoms with Crippen molar-refractivity contribution in [3.05, 3.63) is 52.4 Å². The monoisotopic (exact) mass is 309 g/mol. The van der Waals surface area contributed by atoms with E-state index in [1.165, 1.54) is 0 Å². The Labute approximate surface area is 115 Å². The van der Waals surface area contributed by atoms with Crippen molar-refractivity contribution < 1.29 is 9.52 Å². The van der Waals surface area contributed by atoms with E-state index >= 15 is 0 Å². The van der Waals surface area contributed by atoms with Crippen LogP contribution in [0.1, 0.15) is 18.2 Å². The maximum Gasteiger partial charge on any atom is 0.123 e. The minimum absolute atomic E-state index is 0.0587. The van der Waals surface area contributed by atoms with E-state index in [-0.39, 0.29) is 6.61 Å². The number of halogens is 1. The highest BCUT2D eigenvalue weighted by Crippen LogP contribution is 2.28. The fraction of sp³-hybridized carbons (Fsp3) is 0.286. The maximum atomic E-state index is 9.11. The summed E-state index contributed by atoms with van der Waals surface area (Å²) in [5.41, 5.74) is 2.01. The highest BCUT2D eigenvalue weighted by atomic mass is 79.9. The van der Waals surface area contributed by atoms with Gasteiger partial charge in [-0.1, -0.05) is 6.07 Å². The molecular formula is C14H16BrNO2. The van der Waals surface area contributed by atoms with Gasteiger partial charge in [0.2, 0.25) is 0 Å². The summed E-state index contributed by atoms with van der Waals surface area (Å²) in [6.07, 6.45) is 1.69. The van der Waals surface area contributed by atoms with Crippen LogP contribution >= 0.6 is 15.9 Å². The lowest BCUT2D eigenvalue weighted by atomic mass is 10.2. The summed E-state index contributed by atoms with van der Waals surface area (Å²) < 4.78 is 6.36. The van der Waals surface area contributed by atoms with Crippen LogP contribution in [0.2, 0.25) is 0 Å². The van der Waals surface area contributed by atoms with E-state index in [2.05, 4.69) is 27.8 Å². The summed E-state index contributed by atoms with van der Waals surface area (Å²) in [5.74, 6) is 0.940. The van der Waals surface area contributed by atoms with Gasteiger partial charge in [-0.15, -0.1) is 0 Å². The number of rotatable bonds is 5. The minimum atomic E-state index is 0.0587. The molecule has 18 heavy (non-hydrogen) atoms. The number of hydrogen-bond donors (Lipinski definition) is 1. The van der Waals surface area contributed by atoms with Crippen molar-refractivity contribution in [3.8, 4) is 0 Å². The van der Waals surface area contributed by atoms with Gasteiger partial charge in [0.1, 0.15) is 5.76 Å². The van der Waals surface area contributed by atoms with Gasteiger partial charge < -0.3 is 14.4 Å². The topological polar surface area (TPSA) is 36.6 Å². The van der Waals surface area contributed by atoms with Crippen molar-refractivity contribution >= 4 is 21.6 Å². The molecule has 0 saturated carbocycles. The van der Waals surface area contributed by atoms with E-state index in [0.29, 0.717) is 0 Å². The van der Waals surface area contributed by atoms with Crippen LogP contribution in [0.25, 0.3) is 0 Å². The fourth-order valence-corrected chi connectivity index (χ4v) is 2.54. The largest absolute Gasteiger partial charge is 0.467 e. The predicted octanol–water partition coefficient (Wildman–Crippen LogP) is 3.56. The zero-order chi connectivity index (χ0) is 13.0. The van der Waals surface area contributed by atoms with E-state index in [1.54, 1.807) is 6.26 Å². The second-order valence-electron chi connectivity index (χ2n) is 4.04. The number of aliphatic hydroxyl groups is 1. The Bertz CT molecular complexity index is 497. The molecule has 0 atom stereocenters. The third-order valence-electron chi connectivity index (χ3n) is 2.84. The van der Waals surface area contributed by atoms with Crippen LogP contribution in [0, 0.1) is 0 Å². The van der Waals surface area contributed by atoms with Crippen LogP contribution < -0.4 is 4.90 Å². The summed E-state index contributed by atoms with van der Waals surface area (Å²) in [6.45, 7) is 3.79. The van der Waals surface area contributed by atoms with Crippen molar-refractivity contribution in [2.45, 2.75) is 20.1 Å². The van der Waals surface area contributed by atoms with Crippen molar-refractivity contribution in [2.24, 2.45) is 0 Å². The summed E-state index contributed by atoms with van der Waals surface area (Å²) in [6, 6.07) is 9.76. The average Bonchev–Trinajstić information content (AvgIpc) is 2.89. The molecule has 4 heteroatoms. The average molecular weight is 310 g/mol. The van der Waals surface area contributed by atoms with E-state index in [9.17, 15) is 0 Å². The smallest absolute Gasteiger partial charge is 0.123 e. The van der Waals surface area contributed by atoms with Crippen molar-refractivity contribution in [1.82, 2.24) is 0 Å². The molecule has 2 aromatic rings. The molecule has 2 rings (SSSR count). The van der Waals surface area contributed by atoms with E-state index in [4.69, 9.17) is 9.52 Å². The minimum Gasteiger partial charge on any atom is -0.467 e. The molecule has 0 saturated heterocycles. The van der Waals surface area contributed by atoms with E-state index < -0.39 is 0 Å². The zero-order valence-corrected chi connectivity index (χ0v) is 11.9. The summed E-state index contributed by atoms with van der Waals surface area (Å²) in [4.78, 5) is 2.21. The quantitative estimate of drug-likeness (QED) is 0.917. The Hall–Kier alpha value is -1.26. The van der Waals surface area contributed by atoms with E-state index in [0.717, 1.165) is 34.6 Å². The van der Waals surface area contributed by atoms with Gasteiger partial charge in [-0.2, -0.15) is 0 Å².